The minimum atomic E-state index is -0.405. The maximum atomic E-state index is 10.4. The van der Waals surface area contributed by atoms with Gasteiger partial charge in [-0.05, 0) is 27.7 Å². The Labute approximate surface area is 126 Å². The molecule has 107 valence electrons. The first-order valence-electron chi connectivity index (χ1n) is 4.99. The monoisotopic (exact) mass is 317 g/mol. The summed E-state index contributed by atoms with van der Waals surface area (Å²) in [6.45, 7) is 5.08. The Balaban J connectivity index is -0.000000257. The van der Waals surface area contributed by atoms with Crippen LogP contribution >= 0.6 is 0 Å². The van der Waals surface area contributed by atoms with E-state index in [4.69, 9.17) is 24.4 Å². The van der Waals surface area contributed by atoms with Crippen molar-refractivity contribution >= 4 is 11.6 Å². The maximum absolute atomic E-state index is 10.4. The SMILES string of the molecule is CC(=O)/C(C#N)=C(/C)O.CC(=O)/C(C#N)=C(/C)O.[O]=[V]. The fourth-order valence-electron chi connectivity index (χ4n) is 0.829. The van der Waals surface area contributed by atoms with Crippen LogP contribution in [0.25, 0.3) is 0 Å². The van der Waals surface area contributed by atoms with E-state index in [9.17, 15) is 9.59 Å². The molecule has 2 N–H and O–H groups in total. The molecule has 8 heteroatoms. The predicted molar refractivity (Wildman–Crippen MR) is 63.9 cm³/mol. The minimum absolute atomic E-state index is 0.171. The number of aliphatic hydroxyl groups is 2. The Hall–Kier alpha value is -2.22. The second-order valence-corrected chi connectivity index (χ2v) is 3.26. The Morgan fingerprint density at radius 3 is 1.00 bits per heavy atom. The van der Waals surface area contributed by atoms with E-state index in [0.29, 0.717) is 0 Å². The predicted octanol–water partition coefficient (Wildman–Crippen LogP) is 1.74. The summed E-state index contributed by atoms with van der Waals surface area (Å²) in [5.41, 5.74) is -0.343. The van der Waals surface area contributed by atoms with E-state index in [2.05, 4.69) is 0 Å². The van der Waals surface area contributed by atoms with Crippen LogP contribution in [0.1, 0.15) is 27.7 Å². The van der Waals surface area contributed by atoms with Gasteiger partial charge in [0.25, 0.3) is 0 Å². The molecule has 0 heterocycles. The Bertz CT molecular complexity index is 455. The van der Waals surface area contributed by atoms with E-state index in [1.165, 1.54) is 27.7 Å². The molecule has 0 aliphatic carbocycles. The van der Waals surface area contributed by atoms with Crippen LogP contribution in [0.4, 0.5) is 0 Å². The standard InChI is InChI=1S/2C6H7NO2.O.V/c2*1-4(8)6(3-7)5(2)9;;/h2*8H,1-2H3;;/b2*6-4-;;. The molecule has 0 spiro atoms. The summed E-state index contributed by atoms with van der Waals surface area (Å²) in [5, 5.41) is 33.6. The van der Waals surface area contributed by atoms with Crippen molar-refractivity contribution in [2.75, 3.05) is 0 Å². The van der Waals surface area contributed by atoms with Gasteiger partial charge in [0, 0.05) is 0 Å². The first-order chi connectivity index (χ1) is 9.18. The van der Waals surface area contributed by atoms with Crippen LogP contribution in [0, 0.1) is 22.7 Å². The number of hydrogen-bond acceptors (Lipinski definition) is 7. The molecule has 0 atom stereocenters. The molecule has 0 rings (SSSR count). The van der Waals surface area contributed by atoms with Gasteiger partial charge in [0.15, 0.2) is 11.6 Å². The van der Waals surface area contributed by atoms with Gasteiger partial charge in [-0.15, -0.1) is 0 Å². The molecular formula is C12H14N2O5V. The van der Waals surface area contributed by atoms with Crippen molar-refractivity contribution in [3.05, 3.63) is 22.7 Å². The molecule has 0 amide bonds. The second-order valence-electron chi connectivity index (χ2n) is 3.26. The Morgan fingerprint density at radius 1 is 0.800 bits per heavy atom. The van der Waals surface area contributed by atoms with Gasteiger partial charge in [-0.2, -0.15) is 10.5 Å². The van der Waals surface area contributed by atoms with Gasteiger partial charge >= 0.3 is 21.0 Å². The van der Waals surface area contributed by atoms with E-state index < -0.39 is 11.6 Å². The summed E-state index contributed by atoms with van der Waals surface area (Å²) in [6, 6.07) is 3.16. The van der Waals surface area contributed by atoms with Gasteiger partial charge in [0.05, 0.1) is 0 Å². The molecule has 0 saturated carbocycles. The number of allylic oxidation sites excluding steroid dienone is 4. The quantitative estimate of drug-likeness (QED) is 0.449. The fourth-order valence-corrected chi connectivity index (χ4v) is 0.829. The summed E-state index contributed by atoms with van der Waals surface area (Å²) >= 11 is 1.06. The van der Waals surface area contributed by atoms with Crippen LogP contribution in [0.15, 0.2) is 22.7 Å². The molecule has 0 aromatic heterocycles. The number of ketones is 2. The topological polar surface area (TPSA) is 139 Å². The third-order valence-corrected chi connectivity index (χ3v) is 1.65. The van der Waals surface area contributed by atoms with Gasteiger partial charge in [-0.25, -0.2) is 0 Å². The van der Waals surface area contributed by atoms with Crippen LogP contribution < -0.4 is 0 Å². The molecule has 0 aromatic carbocycles. The molecular weight excluding hydrogens is 303 g/mol. The fraction of sp³-hybridized carbons (Fsp3) is 0.333. The van der Waals surface area contributed by atoms with Crippen molar-refractivity contribution in [2.24, 2.45) is 0 Å². The third-order valence-electron chi connectivity index (χ3n) is 1.65. The number of nitriles is 2. The molecule has 0 bridgehead atoms. The number of nitrogens with zero attached hydrogens (tertiary/aromatic N) is 2. The zero-order valence-corrected chi connectivity index (χ0v) is 12.9. The summed E-state index contributed by atoms with van der Waals surface area (Å²) in [5.74, 6) is -1.25. The number of Topliss-reactive ketones (excluding diaryl/α,β-unsaturated/α-hetero) is 2. The molecule has 0 fully saturated rings. The zero-order chi connectivity index (χ0) is 16.9. The van der Waals surface area contributed by atoms with Crippen molar-refractivity contribution < 1.29 is 40.8 Å². The van der Waals surface area contributed by atoms with E-state index in [0.717, 1.165) is 17.4 Å². The van der Waals surface area contributed by atoms with Gasteiger partial charge in [0.1, 0.15) is 34.8 Å². The van der Waals surface area contributed by atoms with Crippen LogP contribution in [-0.4, -0.2) is 21.8 Å². The van der Waals surface area contributed by atoms with E-state index in [1.807, 2.05) is 0 Å². The van der Waals surface area contributed by atoms with E-state index in [1.54, 1.807) is 12.1 Å². The summed E-state index contributed by atoms with van der Waals surface area (Å²) < 4.78 is 8.19. The van der Waals surface area contributed by atoms with Crippen molar-refractivity contribution in [1.29, 1.82) is 10.5 Å². The van der Waals surface area contributed by atoms with Crippen LogP contribution in [0.5, 0.6) is 0 Å². The molecule has 7 nitrogen and oxygen atoms in total. The average molecular weight is 317 g/mol. The molecule has 0 aliphatic rings. The van der Waals surface area contributed by atoms with Crippen molar-refractivity contribution in [2.45, 2.75) is 27.7 Å². The van der Waals surface area contributed by atoms with E-state index >= 15 is 0 Å². The molecule has 0 aliphatic heterocycles. The second kappa shape index (κ2) is 13.2. The number of rotatable bonds is 2. The summed E-state index contributed by atoms with van der Waals surface area (Å²) in [7, 11) is 0. The first-order valence-corrected chi connectivity index (χ1v) is 5.56. The summed E-state index contributed by atoms with van der Waals surface area (Å²) in [4.78, 5) is 20.8. The number of hydrogen-bond donors (Lipinski definition) is 2. The third kappa shape index (κ3) is 10.9. The van der Waals surface area contributed by atoms with Gasteiger partial charge in [-0.1, -0.05) is 0 Å². The van der Waals surface area contributed by atoms with Gasteiger partial charge in [-0.3, -0.25) is 9.59 Å². The molecule has 0 unspecified atom stereocenters. The molecule has 0 saturated heterocycles. The molecule has 0 aromatic rings. The molecule has 0 radical (unpaired) electrons. The van der Waals surface area contributed by atoms with Crippen molar-refractivity contribution in [1.82, 2.24) is 0 Å². The first kappa shape index (κ1) is 22.9. The van der Waals surface area contributed by atoms with Crippen LogP contribution in [-0.2, 0) is 30.6 Å². The Kier molecular flexibility index (Phi) is 15.2. The normalized spacial score (nSPS) is 10.7. The number of carbonyl (C=O) groups is 2. The molecule has 20 heavy (non-hydrogen) atoms. The summed E-state index contributed by atoms with van der Waals surface area (Å²) in [6.07, 6.45) is 0. The van der Waals surface area contributed by atoms with Crippen LogP contribution in [0.2, 0.25) is 0 Å². The number of aliphatic hydroxyl groups excluding tert-OH is 2. The zero-order valence-electron chi connectivity index (χ0n) is 11.5. The average Bonchev–Trinajstić information content (AvgIpc) is 2.31. The van der Waals surface area contributed by atoms with Crippen molar-refractivity contribution in [3.8, 4) is 12.1 Å². The number of carbonyl (C=O) groups excluding carboxylic acids is 2. The van der Waals surface area contributed by atoms with E-state index in [-0.39, 0.29) is 22.7 Å². The Morgan fingerprint density at radius 2 is 1.00 bits per heavy atom. The van der Waals surface area contributed by atoms with Crippen LogP contribution in [0.3, 0.4) is 0 Å². The van der Waals surface area contributed by atoms with Gasteiger partial charge in [0.2, 0.25) is 0 Å². The van der Waals surface area contributed by atoms with Crippen molar-refractivity contribution in [3.63, 3.8) is 0 Å². The van der Waals surface area contributed by atoms with Gasteiger partial charge < -0.3 is 10.2 Å².